The normalized spacial score (nSPS) is 11.3. The van der Waals surface area contributed by atoms with Crippen LogP contribution in [0.25, 0.3) is 0 Å². The summed E-state index contributed by atoms with van der Waals surface area (Å²) >= 11 is 0. The highest BCUT2D eigenvalue weighted by Gasteiger charge is 2.15. The summed E-state index contributed by atoms with van der Waals surface area (Å²) in [6, 6.07) is 2.90. The second kappa shape index (κ2) is 7.03. The van der Waals surface area contributed by atoms with Gasteiger partial charge in [0.25, 0.3) is 0 Å². The number of aromatic nitrogens is 2. The molecule has 0 unspecified atom stereocenters. The van der Waals surface area contributed by atoms with Gasteiger partial charge in [-0.3, -0.25) is 4.68 Å². The summed E-state index contributed by atoms with van der Waals surface area (Å²) < 4.78 is 7.00. The number of nitrogens with one attached hydrogen (secondary N) is 1. The molecule has 1 heterocycles. The topological polar surface area (TPSA) is 56.1 Å². The zero-order valence-electron chi connectivity index (χ0n) is 11.4. The molecule has 0 atom stereocenters. The first-order valence-corrected chi connectivity index (χ1v) is 6.33. The Kier molecular flexibility index (Phi) is 5.68. The number of rotatable bonds is 6. The van der Waals surface area contributed by atoms with E-state index in [0.29, 0.717) is 6.54 Å². The second-order valence-corrected chi connectivity index (χ2v) is 5.19. The van der Waals surface area contributed by atoms with Crippen molar-refractivity contribution < 1.29 is 9.53 Å². The lowest BCUT2D eigenvalue weighted by atomic mass is 10.2. The van der Waals surface area contributed by atoms with Crippen LogP contribution in [0.2, 0.25) is 0 Å². The summed E-state index contributed by atoms with van der Waals surface area (Å²) in [5, 5.41) is 6.82. The van der Waals surface area contributed by atoms with Gasteiger partial charge in [0.05, 0.1) is 6.20 Å². The standard InChI is InChI=1S/C13H22N3O2/c1-13(2,3)18-12(17)14-8-5-4-6-10-16-11-7-9-15-16/h9,11H,4-6,8,10H2,1-3H3,(H,14,17). The first-order chi connectivity index (χ1) is 8.47. The third-order valence-corrected chi connectivity index (χ3v) is 2.24. The van der Waals surface area contributed by atoms with E-state index in [1.807, 2.05) is 31.6 Å². The van der Waals surface area contributed by atoms with Crippen LogP contribution >= 0.6 is 0 Å². The highest BCUT2D eigenvalue weighted by Crippen LogP contribution is 2.06. The Bertz CT molecular complexity index is 342. The Morgan fingerprint density at radius 1 is 1.39 bits per heavy atom. The molecule has 5 nitrogen and oxygen atoms in total. The maximum atomic E-state index is 11.3. The van der Waals surface area contributed by atoms with Crippen LogP contribution in [0, 0.1) is 6.07 Å². The molecule has 1 aromatic rings. The summed E-state index contributed by atoms with van der Waals surface area (Å²) in [7, 11) is 0. The highest BCUT2D eigenvalue weighted by atomic mass is 16.6. The molecular weight excluding hydrogens is 230 g/mol. The molecule has 101 valence electrons. The molecule has 0 aliphatic heterocycles. The van der Waals surface area contributed by atoms with E-state index in [9.17, 15) is 4.79 Å². The number of carbonyl (C=O) groups excluding carboxylic acids is 1. The third-order valence-electron chi connectivity index (χ3n) is 2.24. The fourth-order valence-electron chi connectivity index (χ4n) is 1.46. The molecule has 5 heteroatoms. The number of unbranched alkanes of at least 4 members (excludes halogenated alkanes) is 2. The van der Waals surface area contributed by atoms with Gasteiger partial charge in [-0.15, -0.1) is 0 Å². The van der Waals surface area contributed by atoms with Crippen LogP contribution in [0.1, 0.15) is 40.0 Å². The quantitative estimate of drug-likeness (QED) is 0.791. The first-order valence-electron chi connectivity index (χ1n) is 6.33. The third kappa shape index (κ3) is 6.93. The number of amides is 1. The second-order valence-electron chi connectivity index (χ2n) is 5.19. The predicted molar refractivity (Wildman–Crippen MR) is 69.2 cm³/mol. The molecule has 0 aliphatic rings. The van der Waals surface area contributed by atoms with E-state index >= 15 is 0 Å². The van der Waals surface area contributed by atoms with Crippen LogP contribution in [-0.2, 0) is 11.3 Å². The van der Waals surface area contributed by atoms with Gasteiger partial charge in [-0.2, -0.15) is 5.10 Å². The van der Waals surface area contributed by atoms with Crippen LogP contribution in [0.3, 0.4) is 0 Å². The van der Waals surface area contributed by atoms with Gasteiger partial charge in [0.2, 0.25) is 0 Å². The fraction of sp³-hybridized carbons (Fsp3) is 0.692. The SMILES string of the molecule is CC(C)(C)OC(=O)NCCCCCn1c[c]cn1. The molecule has 1 aromatic heterocycles. The molecule has 1 amide bonds. The van der Waals surface area contributed by atoms with Gasteiger partial charge < -0.3 is 10.1 Å². The van der Waals surface area contributed by atoms with Crippen LogP contribution in [-0.4, -0.2) is 28.0 Å². The van der Waals surface area contributed by atoms with Crippen molar-refractivity contribution >= 4 is 6.09 Å². The number of carbonyl (C=O) groups is 1. The van der Waals surface area contributed by atoms with Crippen LogP contribution in [0.4, 0.5) is 4.79 Å². The Hall–Kier alpha value is -1.52. The van der Waals surface area contributed by atoms with Crippen molar-refractivity contribution in [3.63, 3.8) is 0 Å². The van der Waals surface area contributed by atoms with Gasteiger partial charge in [0.1, 0.15) is 5.60 Å². The largest absolute Gasteiger partial charge is 0.444 e. The minimum absolute atomic E-state index is 0.343. The fourth-order valence-corrected chi connectivity index (χ4v) is 1.46. The molecule has 0 aliphatic carbocycles. The first kappa shape index (κ1) is 14.5. The lowest BCUT2D eigenvalue weighted by molar-refractivity contribution is 0.0527. The molecule has 1 radical (unpaired) electrons. The highest BCUT2D eigenvalue weighted by molar-refractivity contribution is 5.67. The number of nitrogens with zero attached hydrogens (tertiary/aromatic N) is 2. The number of alkyl carbamates (subject to hydrolysis) is 1. The van der Waals surface area contributed by atoms with Crippen molar-refractivity contribution in [1.29, 1.82) is 0 Å². The Labute approximate surface area is 109 Å². The maximum absolute atomic E-state index is 11.3. The van der Waals surface area contributed by atoms with Crippen LogP contribution in [0.15, 0.2) is 12.4 Å². The van der Waals surface area contributed by atoms with Gasteiger partial charge >= 0.3 is 6.09 Å². The van der Waals surface area contributed by atoms with E-state index in [0.717, 1.165) is 25.8 Å². The average molecular weight is 252 g/mol. The van der Waals surface area contributed by atoms with Crippen molar-refractivity contribution in [1.82, 2.24) is 15.1 Å². The number of ether oxygens (including phenoxy) is 1. The van der Waals surface area contributed by atoms with Crippen LogP contribution in [0.5, 0.6) is 0 Å². The van der Waals surface area contributed by atoms with Crippen molar-refractivity contribution in [2.75, 3.05) is 6.54 Å². The van der Waals surface area contributed by atoms with Gasteiger partial charge in [-0.05, 0) is 40.0 Å². The summed E-state index contributed by atoms with van der Waals surface area (Å²) in [6.07, 6.45) is 6.19. The average Bonchev–Trinajstić information content (AvgIpc) is 2.73. The lowest BCUT2D eigenvalue weighted by Crippen LogP contribution is -2.33. The van der Waals surface area contributed by atoms with Crippen molar-refractivity contribution in [2.45, 2.75) is 52.2 Å². The minimum Gasteiger partial charge on any atom is -0.444 e. The molecule has 0 saturated carbocycles. The van der Waals surface area contributed by atoms with E-state index in [2.05, 4.69) is 16.5 Å². The number of hydrogen-bond acceptors (Lipinski definition) is 3. The molecular formula is C13H22N3O2. The number of aryl methyl sites for hydroxylation is 1. The van der Waals surface area contributed by atoms with E-state index in [-0.39, 0.29) is 6.09 Å². The lowest BCUT2D eigenvalue weighted by Gasteiger charge is -2.19. The van der Waals surface area contributed by atoms with E-state index in [4.69, 9.17) is 4.74 Å². The smallest absolute Gasteiger partial charge is 0.407 e. The molecule has 0 saturated heterocycles. The zero-order valence-corrected chi connectivity index (χ0v) is 11.4. The zero-order chi connectivity index (χ0) is 13.4. The number of hydrogen-bond donors (Lipinski definition) is 1. The van der Waals surface area contributed by atoms with Gasteiger partial charge in [0, 0.05) is 25.4 Å². The molecule has 0 fully saturated rings. The molecule has 0 bridgehead atoms. The molecule has 1 rings (SSSR count). The van der Waals surface area contributed by atoms with Gasteiger partial charge in [-0.25, -0.2) is 4.79 Å². The van der Waals surface area contributed by atoms with Crippen molar-refractivity contribution in [3.8, 4) is 0 Å². The predicted octanol–water partition coefficient (Wildman–Crippen LogP) is 2.38. The summed E-state index contributed by atoms with van der Waals surface area (Å²) in [5.74, 6) is 0. The molecule has 0 aromatic carbocycles. The Morgan fingerprint density at radius 2 is 2.17 bits per heavy atom. The molecule has 18 heavy (non-hydrogen) atoms. The summed E-state index contributed by atoms with van der Waals surface area (Å²) in [6.45, 7) is 7.12. The minimum atomic E-state index is -0.430. The monoisotopic (exact) mass is 252 g/mol. The van der Waals surface area contributed by atoms with Gasteiger partial charge in [-0.1, -0.05) is 0 Å². The van der Waals surface area contributed by atoms with E-state index in [1.54, 1.807) is 6.20 Å². The van der Waals surface area contributed by atoms with Crippen LogP contribution < -0.4 is 5.32 Å². The van der Waals surface area contributed by atoms with Gasteiger partial charge in [0.15, 0.2) is 0 Å². The van der Waals surface area contributed by atoms with E-state index in [1.165, 1.54) is 0 Å². The van der Waals surface area contributed by atoms with E-state index < -0.39 is 5.60 Å². The molecule has 1 N–H and O–H groups in total. The summed E-state index contributed by atoms with van der Waals surface area (Å²) in [5.41, 5.74) is -0.430. The van der Waals surface area contributed by atoms with Crippen molar-refractivity contribution in [3.05, 3.63) is 18.5 Å². The molecule has 0 spiro atoms. The summed E-state index contributed by atoms with van der Waals surface area (Å²) in [4.78, 5) is 11.3. The van der Waals surface area contributed by atoms with Crippen molar-refractivity contribution in [2.24, 2.45) is 0 Å². The maximum Gasteiger partial charge on any atom is 0.407 e. The Balaban J connectivity index is 1.97. The Morgan fingerprint density at radius 3 is 2.78 bits per heavy atom.